The van der Waals surface area contributed by atoms with Gasteiger partial charge in [-0.2, -0.15) is 0 Å². The summed E-state index contributed by atoms with van der Waals surface area (Å²) in [7, 11) is 0. The largest absolute Gasteiger partial charge is 0.454 e. The maximum atomic E-state index is 12.6. The summed E-state index contributed by atoms with van der Waals surface area (Å²) in [5.41, 5.74) is 1.20. The van der Waals surface area contributed by atoms with E-state index in [0.717, 1.165) is 15.4 Å². The summed E-state index contributed by atoms with van der Waals surface area (Å²) in [5, 5.41) is 7.97. The van der Waals surface area contributed by atoms with E-state index < -0.39 is 0 Å². The third kappa shape index (κ3) is 3.79. The fourth-order valence-electron chi connectivity index (χ4n) is 2.54. The van der Waals surface area contributed by atoms with Gasteiger partial charge in [0.2, 0.25) is 12.7 Å². The predicted octanol–water partition coefficient (Wildman–Crippen LogP) is 3.49. The molecule has 3 aromatic rings. The number of anilines is 1. The number of fused-ring (bicyclic) bond motifs is 1. The lowest BCUT2D eigenvalue weighted by Gasteiger charge is -2.05. The molecule has 3 heterocycles. The number of aromatic nitrogens is 1. The lowest BCUT2D eigenvalue weighted by molar-refractivity contribution is -0.119. The highest BCUT2D eigenvalue weighted by Gasteiger charge is 2.22. The molecule has 138 valence electrons. The van der Waals surface area contributed by atoms with Gasteiger partial charge in [0, 0.05) is 17.2 Å². The molecule has 0 atom stereocenters. The Hall–Kier alpha value is -2.91. The van der Waals surface area contributed by atoms with Crippen molar-refractivity contribution in [3.05, 3.63) is 46.2 Å². The molecule has 2 amide bonds. The van der Waals surface area contributed by atoms with E-state index in [1.165, 1.54) is 18.3 Å². The van der Waals surface area contributed by atoms with Crippen molar-refractivity contribution in [2.24, 2.45) is 0 Å². The average molecular weight is 401 g/mol. The molecule has 2 N–H and O–H groups in total. The Bertz CT molecular complexity index is 1010. The molecule has 27 heavy (non-hydrogen) atoms. The van der Waals surface area contributed by atoms with Gasteiger partial charge in [0.1, 0.15) is 0 Å². The standard InChI is InChI=1S/C18H15N3O4S2/c1-10(22)19-7-11-5-6-15(27-11)13-8-26-18(20-13)21-17(23)12-3-2-4-14-16(12)25-9-24-14/h2-6,8H,7,9H2,1H3,(H,19,22)(H,20,21,23). The van der Waals surface area contributed by atoms with Crippen LogP contribution in [0.4, 0.5) is 5.13 Å². The summed E-state index contributed by atoms with van der Waals surface area (Å²) >= 11 is 2.90. The van der Waals surface area contributed by atoms with Crippen LogP contribution in [0.1, 0.15) is 22.2 Å². The van der Waals surface area contributed by atoms with Gasteiger partial charge in [-0.3, -0.25) is 14.9 Å². The lowest BCUT2D eigenvalue weighted by Crippen LogP contribution is -2.17. The minimum Gasteiger partial charge on any atom is -0.454 e. The molecule has 1 aliphatic heterocycles. The Morgan fingerprint density at radius 2 is 2.11 bits per heavy atom. The van der Waals surface area contributed by atoms with Gasteiger partial charge < -0.3 is 14.8 Å². The molecule has 0 saturated carbocycles. The third-order valence-electron chi connectivity index (χ3n) is 3.79. The number of thiophene rings is 1. The van der Waals surface area contributed by atoms with Gasteiger partial charge in [-0.05, 0) is 24.3 Å². The van der Waals surface area contributed by atoms with Gasteiger partial charge in [0.25, 0.3) is 5.91 Å². The van der Waals surface area contributed by atoms with Crippen molar-refractivity contribution in [1.29, 1.82) is 0 Å². The molecule has 2 aromatic heterocycles. The minimum atomic E-state index is -0.296. The second kappa shape index (κ2) is 7.37. The Balaban J connectivity index is 1.46. The highest BCUT2D eigenvalue weighted by atomic mass is 32.1. The first kappa shape index (κ1) is 17.5. The van der Waals surface area contributed by atoms with E-state index in [0.29, 0.717) is 28.7 Å². The monoisotopic (exact) mass is 401 g/mol. The van der Waals surface area contributed by atoms with Crippen LogP contribution in [-0.2, 0) is 11.3 Å². The fraction of sp³-hybridized carbons (Fsp3) is 0.167. The molecule has 1 aliphatic rings. The molecule has 0 saturated heterocycles. The fourth-order valence-corrected chi connectivity index (χ4v) is 4.23. The van der Waals surface area contributed by atoms with Crippen molar-refractivity contribution < 1.29 is 19.1 Å². The van der Waals surface area contributed by atoms with Gasteiger partial charge in [-0.25, -0.2) is 4.98 Å². The van der Waals surface area contributed by atoms with Crippen LogP contribution >= 0.6 is 22.7 Å². The third-order valence-corrected chi connectivity index (χ3v) is 5.66. The summed E-state index contributed by atoms with van der Waals surface area (Å²) < 4.78 is 10.7. The summed E-state index contributed by atoms with van der Waals surface area (Å²) in [6, 6.07) is 9.11. The zero-order chi connectivity index (χ0) is 18.8. The SMILES string of the molecule is CC(=O)NCc1ccc(-c2csc(NC(=O)c3cccc4c3OCO4)n2)s1. The number of carbonyl (C=O) groups excluding carboxylic acids is 2. The quantitative estimate of drug-likeness (QED) is 0.683. The number of para-hydroxylation sites is 1. The number of benzene rings is 1. The van der Waals surface area contributed by atoms with Crippen LogP contribution in [0.2, 0.25) is 0 Å². The van der Waals surface area contributed by atoms with Crippen LogP contribution in [0, 0.1) is 0 Å². The highest BCUT2D eigenvalue weighted by molar-refractivity contribution is 7.17. The van der Waals surface area contributed by atoms with Gasteiger partial charge in [0.05, 0.1) is 22.7 Å². The maximum absolute atomic E-state index is 12.6. The van der Waals surface area contributed by atoms with Crippen molar-refractivity contribution in [1.82, 2.24) is 10.3 Å². The average Bonchev–Trinajstić information content (AvgIpc) is 3.39. The number of nitrogens with one attached hydrogen (secondary N) is 2. The molecule has 1 aromatic carbocycles. The van der Waals surface area contributed by atoms with E-state index in [4.69, 9.17) is 9.47 Å². The number of hydrogen-bond acceptors (Lipinski definition) is 7. The van der Waals surface area contributed by atoms with E-state index >= 15 is 0 Å². The summed E-state index contributed by atoms with van der Waals surface area (Å²) in [6.45, 7) is 2.10. The van der Waals surface area contributed by atoms with Crippen molar-refractivity contribution in [2.75, 3.05) is 12.1 Å². The Morgan fingerprint density at radius 3 is 2.96 bits per heavy atom. The van der Waals surface area contributed by atoms with Crippen LogP contribution in [-0.4, -0.2) is 23.6 Å². The number of nitrogens with zero attached hydrogens (tertiary/aromatic N) is 1. The van der Waals surface area contributed by atoms with Crippen LogP contribution in [0.5, 0.6) is 11.5 Å². The number of carbonyl (C=O) groups is 2. The molecule has 0 radical (unpaired) electrons. The second-order valence-electron chi connectivity index (χ2n) is 5.71. The van der Waals surface area contributed by atoms with Crippen LogP contribution in [0.3, 0.4) is 0 Å². The lowest BCUT2D eigenvalue weighted by atomic mass is 10.2. The van der Waals surface area contributed by atoms with Crippen LogP contribution in [0.15, 0.2) is 35.7 Å². The Labute approximate surface area is 163 Å². The topological polar surface area (TPSA) is 89.6 Å². The highest BCUT2D eigenvalue weighted by Crippen LogP contribution is 2.36. The molecular weight excluding hydrogens is 386 g/mol. The zero-order valence-corrected chi connectivity index (χ0v) is 15.9. The summed E-state index contributed by atoms with van der Waals surface area (Å²) in [6.07, 6.45) is 0. The first-order valence-electron chi connectivity index (χ1n) is 8.09. The van der Waals surface area contributed by atoms with Crippen molar-refractivity contribution in [3.63, 3.8) is 0 Å². The number of thiazole rings is 1. The van der Waals surface area contributed by atoms with Gasteiger partial charge in [0.15, 0.2) is 16.6 Å². The molecule has 0 fully saturated rings. The van der Waals surface area contributed by atoms with Crippen molar-refractivity contribution in [2.45, 2.75) is 13.5 Å². The van der Waals surface area contributed by atoms with Crippen molar-refractivity contribution >= 4 is 39.6 Å². The van der Waals surface area contributed by atoms with E-state index in [1.54, 1.807) is 29.5 Å². The molecular formula is C18H15N3O4S2. The van der Waals surface area contributed by atoms with Crippen molar-refractivity contribution in [3.8, 4) is 22.1 Å². The molecule has 7 nitrogen and oxygen atoms in total. The molecule has 0 unspecified atom stereocenters. The van der Waals surface area contributed by atoms with E-state index in [2.05, 4.69) is 15.6 Å². The van der Waals surface area contributed by atoms with Gasteiger partial charge >= 0.3 is 0 Å². The van der Waals surface area contributed by atoms with Crippen LogP contribution < -0.4 is 20.1 Å². The van der Waals surface area contributed by atoms with Crippen LogP contribution in [0.25, 0.3) is 10.6 Å². The predicted molar refractivity (Wildman–Crippen MR) is 103 cm³/mol. The van der Waals surface area contributed by atoms with Gasteiger partial charge in [-0.1, -0.05) is 6.07 Å². The smallest absolute Gasteiger partial charge is 0.261 e. The zero-order valence-electron chi connectivity index (χ0n) is 14.3. The number of hydrogen-bond donors (Lipinski definition) is 2. The van der Waals surface area contributed by atoms with E-state index in [9.17, 15) is 9.59 Å². The Kier molecular flexibility index (Phi) is 4.78. The molecule has 9 heteroatoms. The summed E-state index contributed by atoms with van der Waals surface area (Å²) in [5.74, 6) is 0.654. The molecule has 4 rings (SSSR count). The maximum Gasteiger partial charge on any atom is 0.261 e. The molecule has 0 aliphatic carbocycles. The molecule has 0 spiro atoms. The number of amides is 2. The number of rotatable bonds is 5. The number of ether oxygens (including phenoxy) is 2. The van der Waals surface area contributed by atoms with Gasteiger partial charge in [-0.15, -0.1) is 22.7 Å². The second-order valence-corrected chi connectivity index (χ2v) is 7.73. The minimum absolute atomic E-state index is 0.0645. The Morgan fingerprint density at radius 1 is 1.22 bits per heavy atom. The van der Waals surface area contributed by atoms with E-state index in [-0.39, 0.29) is 18.6 Å². The molecule has 0 bridgehead atoms. The summed E-state index contributed by atoms with van der Waals surface area (Å²) in [4.78, 5) is 30.1. The first-order chi connectivity index (χ1) is 13.1. The first-order valence-corrected chi connectivity index (χ1v) is 9.79. The van der Waals surface area contributed by atoms with E-state index in [1.807, 2.05) is 17.5 Å². The normalized spacial score (nSPS) is 12.0.